The summed E-state index contributed by atoms with van der Waals surface area (Å²) in [5.41, 5.74) is 6.96. The molecule has 0 radical (unpaired) electrons. The molecule has 0 unspecified atom stereocenters. The zero-order valence-electron chi connectivity index (χ0n) is 25.2. The number of para-hydroxylation sites is 1. The van der Waals surface area contributed by atoms with E-state index in [-0.39, 0.29) is 58.4 Å². The lowest BCUT2D eigenvalue weighted by atomic mass is 10.2. The highest BCUT2D eigenvalue weighted by atomic mass is 35.5. The Hall–Kier alpha value is -3.91. The molecule has 0 bridgehead atoms. The van der Waals surface area contributed by atoms with Crippen molar-refractivity contribution < 1.29 is 21.6 Å². The van der Waals surface area contributed by atoms with Crippen LogP contribution in [0.3, 0.4) is 0 Å². The first-order valence-electron chi connectivity index (χ1n) is 14.8. The molecule has 2 heterocycles. The summed E-state index contributed by atoms with van der Waals surface area (Å²) in [6.45, 7) is 3.33. The van der Waals surface area contributed by atoms with Crippen molar-refractivity contribution in [2.45, 2.75) is 35.3 Å². The van der Waals surface area contributed by atoms with Crippen LogP contribution in [0.15, 0.2) is 93.6 Å². The Kier molecular flexibility index (Phi) is 8.61. The van der Waals surface area contributed by atoms with Gasteiger partial charge in [-0.2, -0.15) is 14.1 Å². The second kappa shape index (κ2) is 12.4. The molecule has 2 aliphatic rings. The van der Waals surface area contributed by atoms with Gasteiger partial charge in [-0.1, -0.05) is 54.9 Å². The van der Waals surface area contributed by atoms with Crippen molar-refractivity contribution in [3.8, 4) is 11.4 Å². The molecule has 2 N–H and O–H groups in total. The highest BCUT2D eigenvalue weighted by molar-refractivity contribution is 7.91. The van der Waals surface area contributed by atoms with E-state index < -0.39 is 31.2 Å². The van der Waals surface area contributed by atoms with Crippen LogP contribution in [0.4, 0.5) is 11.4 Å². The van der Waals surface area contributed by atoms with E-state index in [1.165, 1.54) is 39.3 Å². The fourth-order valence-corrected chi connectivity index (χ4v) is 8.54. The van der Waals surface area contributed by atoms with E-state index in [1.807, 2.05) is 4.90 Å². The summed E-state index contributed by atoms with van der Waals surface area (Å²) in [5, 5.41) is 4.86. The summed E-state index contributed by atoms with van der Waals surface area (Å²) < 4.78 is 62.3. The van der Waals surface area contributed by atoms with Gasteiger partial charge in [-0.3, -0.25) is 4.79 Å². The van der Waals surface area contributed by atoms with Crippen LogP contribution >= 0.6 is 11.6 Å². The number of rotatable bonds is 10. The predicted molar refractivity (Wildman–Crippen MR) is 177 cm³/mol. The van der Waals surface area contributed by atoms with Crippen molar-refractivity contribution in [3.05, 3.63) is 99.9 Å². The maximum absolute atomic E-state index is 13.7. The van der Waals surface area contributed by atoms with Crippen LogP contribution in [-0.4, -0.2) is 63.7 Å². The molecule has 46 heavy (non-hydrogen) atoms. The van der Waals surface area contributed by atoms with Crippen molar-refractivity contribution in [2.75, 3.05) is 43.4 Å². The maximum atomic E-state index is 13.7. The number of anilines is 2. The highest BCUT2D eigenvalue weighted by Gasteiger charge is 2.39. The van der Waals surface area contributed by atoms with Gasteiger partial charge in [-0.15, -0.1) is 0 Å². The number of nitrogens with two attached hydrogens (primary N) is 1. The maximum Gasteiger partial charge on any atom is 0.316 e. The Bertz CT molecular complexity index is 2040. The lowest BCUT2D eigenvalue weighted by molar-refractivity contribution is 0.242. The van der Waals surface area contributed by atoms with E-state index >= 15 is 0 Å². The van der Waals surface area contributed by atoms with Gasteiger partial charge in [0.1, 0.15) is 5.69 Å². The summed E-state index contributed by atoms with van der Waals surface area (Å²) in [7, 11) is -7.81. The van der Waals surface area contributed by atoms with Gasteiger partial charge >= 0.3 is 5.56 Å². The molecule has 1 saturated carbocycles. The molecule has 6 rings (SSSR count). The molecule has 3 aromatic carbocycles. The van der Waals surface area contributed by atoms with E-state index in [1.54, 1.807) is 48.7 Å². The minimum Gasteiger partial charge on any atom is -0.486 e. The molecule has 1 saturated heterocycles. The van der Waals surface area contributed by atoms with Crippen molar-refractivity contribution in [2.24, 2.45) is 5.41 Å². The number of aromatic nitrogens is 2. The summed E-state index contributed by atoms with van der Waals surface area (Å²) in [5.74, 6) is -0.301. The molecular weight excluding hydrogens is 650 g/mol. The molecule has 1 aromatic heterocycles. The van der Waals surface area contributed by atoms with Crippen molar-refractivity contribution >= 4 is 42.8 Å². The Labute approximate surface area is 273 Å². The third-order valence-electron chi connectivity index (χ3n) is 8.45. The van der Waals surface area contributed by atoms with Gasteiger partial charge in [0.25, 0.3) is 0 Å². The Morgan fingerprint density at radius 2 is 1.63 bits per heavy atom. The van der Waals surface area contributed by atoms with Crippen LogP contribution in [-0.2, 0) is 25.6 Å². The van der Waals surface area contributed by atoms with Crippen LogP contribution in [0.1, 0.15) is 25.3 Å². The average molecular weight is 684 g/mol. The molecule has 0 atom stereocenters. The minimum atomic E-state index is -3.94. The van der Waals surface area contributed by atoms with Gasteiger partial charge < -0.3 is 15.4 Å². The van der Waals surface area contributed by atoms with Gasteiger partial charge in [-0.05, 0) is 54.8 Å². The molecule has 242 valence electrons. The Balaban J connectivity index is 1.21. The number of sulfonamides is 1. The molecule has 0 spiro atoms. The fraction of sp³-hybridized carbons (Fsp3) is 0.312. The van der Waals surface area contributed by atoms with E-state index in [0.717, 1.165) is 12.8 Å². The van der Waals surface area contributed by atoms with Crippen LogP contribution in [0.2, 0.25) is 5.02 Å². The highest BCUT2D eigenvalue weighted by Crippen LogP contribution is 2.45. The van der Waals surface area contributed by atoms with Crippen LogP contribution in [0, 0.1) is 5.41 Å². The third-order valence-corrected chi connectivity index (χ3v) is 12.3. The Morgan fingerprint density at radius 1 is 0.935 bits per heavy atom. The van der Waals surface area contributed by atoms with Crippen molar-refractivity contribution in [3.63, 3.8) is 0 Å². The normalized spacial score (nSPS) is 16.7. The predicted octanol–water partition coefficient (Wildman–Crippen LogP) is 4.13. The number of benzene rings is 3. The number of ether oxygens (including phenoxy) is 1. The smallest absolute Gasteiger partial charge is 0.316 e. The topological polar surface area (TPSA) is 145 Å². The van der Waals surface area contributed by atoms with E-state index in [0.29, 0.717) is 23.0 Å². The molecule has 11 nitrogen and oxygen atoms in total. The number of piperazine rings is 1. The van der Waals surface area contributed by atoms with E-state index in [4.69, 9.17) is 22.1 Å². The largest absolute Gasteiger partial charge is 0.486 e. The third kappa shape index (κ3) is 6.50. The average Bonchev–Trinajstić information content (AvgIpc) is 3.78. The summed E-state index contributed by atoms with van der Waals surface area (Å²) >= 11 is 6.16. The minimum absolute atomic E-state index is 0.0141. The van der Waals surface area contributed by atoms with Gasteiger partial charge in [0, 0.05) is 36.6 Å². The van der Waals surface area contributed by atoms with E-state index in [9.17, 15) is 21.6 Å². The standard InChI is InChI=1S/C32H34ClN5O6S2/c1-32(13-14-32)22-44-30-27(20-35-38(31(30)39)25-9-6-8-24(33)19-25)36-15-17-37(18-16-36)45(40,41)21-23-7-5-12-28(29(23)34)46(42,43)26-10-3-2-4-11-26/h2-12,19-20H,13-18,21-22,34H2,1H3. The number of halogens is 1. The molecule has 0 amide bonds. The SMILES string of the molecule is CC1(COc2c(N3CCN(S(=O)(=O)Cc4cccc(S(=O)(=O)c5ccccc5)c4N)CC3)cnn(-c3cccc(Cl)c3)c2=O)CC1. The fourth-order valence-electron chi connectivity index (χ4n) is 5.36. The number of hydrogen-bond acceptors (Lipinski definition) is 9. The molecule has 1 aliphatic carbocycles. The van der Waals surface area contributed by atoms with Crippen LogP contribution in [0.25, 0.3) is 5.69 Å². The summed E-state index contributed by atoms with van der Waals surface area (Å²) in [4.78, 5) is 15.5. The number of nitrogens with zero attached hydrogens (tertiary/aromatic N) is 4. The van der Waals surface area contributed by atoms with Gasteiger partial charge in [0.05, 0.1) is 39.7 Å². The first-order valence-corrected chi connectivity index (χ1v) is 18.3. The molecule has 4 aromatic rings. The van der Waals surface area contributed by atoms with Gasteiger partial charge in [-0.25, -0.2) is 16.8 Å². The second-order valence-electron chi connectivity index (χ2n) is 11.9. The molecular formula is C32H34ClN5O6S2. The summed E-state index contributed by atoms with van der Waals surface area (Å²) in [6.07, 6.45) is 3.59. The quantitative estimate of drug-likeness (QED) is 0.244. The zero-order valence-corrected chi connectivity index (χ0v) is 27.6. The van der Waals surface area contributed by atoms with Gasteiger partial charge in [0.15, 0.2) is 0 Å². The first kappa shape index (κ1) is 32.0. The monoisotopic (exact) mass is 683 g/mol. The number of nitrogen functional groups attached to an aromatic ring is 1. The lowest BCUT2D eigenvalue weighted by Gasteiger charge is -2.36. The Morgan fingerprint density at radius 3 is 2.30 bits per heavy atom. The first-order chi connectivity index (χ1) is 21.9. The van der Waals surface area contributed by atoms with Crippen molar-refractivity contribution in [1.29, 1.82) is 0 Å². The van der Waals surface area contributed by atoms with E-state index in [2.05, 4.69) is 12.0 Å². The summed E-state index contributed by atoms with van der Waals surface area (Å²) in [6, 6.07) is 19.1. The zero-order chi connectivity index (χ0) is 32.7. The number of hydrogen-bond donors (Lipinski definition) is 1. The van der Waals surface area contributed by atoms with Crippen LogP contribution in [0.5, 0.6) is 5.75 Å². The van der Waals surface area contributed by atoms with Crippen molar-refractivity contribution in [1.82, 2.24) is 14.1 Å². The van der Waals surface area contributed by atoms with Crippen LogP contribution < -0.4 is 20.9 Å². The molecule has 14 heteroatoms. The lowest BCUT2D eigenvalue weighted by Crippen LogP contribution is -2.49. The molecule has 1 aliphatic heterocycles. The number of sulfone groups is 1. The van der Waals surface area contributed by atoms with Gasteiger partial charge in [0.2, 0.25) is 25.6 Å². The molecule has 2 fully saturated rings. The second-order valence-corrected chi connectivity index (χ2v) is 16.3.